The predicted octanol–water partition coefficient (Wildman–Crippen LogP) is 7.46. The maximum atomic E-state index is 10.9. The van der Waals surface area contributed by atoms with Crippen LogP contribution in [0.1, 0.15) is 106 Å². The summed E-state index contributed by atoms with van der Waals surface area (Å²) in [5.74, 6) is 3.16. The maximum Gasteiger partial charge on any atom is 0.0594 e. The molecule has 0 unspecified atom stereocenters. The van der Waals surface area contributed by atoms with Gasteiger partial charge in [-0.25, -0.2) is 0 Å². The first-order valence-electron chi connectivity index (χ1n) is 13.9. The molecule has 186 valence electrons. The molecule has 3 nitrogen and oxygen atoms in total. The summed E-state index contributed by atoms with van der Waals surface area (Å²) in [4.78, 5) is 0. The Bertz CT molecular complexity index is 848. The van der Waals surface area contributed by atoms with Crippen LogP contribution in [-0.4, -0.2) is 22.6 Å². The first-order chi connectivity index (χ1) is 15.4. The van der Waals surface area contributed by atoms with Crippen LogP contribution in [0.5, 0.6) is 0 Å². The number of oxime groups is 1. The largest absolute Gasteiger partial charge is 0.411 e. The number of nitrogens with zero attached hydrogens (tertiary/aromatic N) is 1. The molecule has 5 aliphatic rings. The molecule has 0 aromatic heterocycles. The molecule has 0 spiro atoms. The van der Waals surface area contributed by atoms with Crippen molar-refractivity contribution in [1.29, 1.82) is 0 Å². The Morgan fingerprint density at radius 3 is 2.24 bits per heavy atom. The van der Waals surface area contributed by atoms with Gasteiger partial charge in [-0.2, -0.15) is 0 Å². The lowest BCUT2D eigenvalue weighted by Crippen LogP contribution is -2.66. The van der Waals surface area contributed by atoms with Gasteiger partial charge in [0.1, 0.15) is 0 Å². The van der Waals surface area contributed by atoms with E-state index in [1.54, 1.807) is 0 Å². The molecule has 5 fully saturated rings. The molecule has 3 heteroatoms. The van der Waals surface area contributed by atoms with Gasteiger partial charge in [0.2, 0.25) is 0 Å². The van der Waals surface area contributed by atoms with Crippen LogP contribution in [0.2, 0.25) is 0 Å². The Hall–Kier alpha value is -0.830. The molecule has 0 saturated heterocycles. The van der Waals surface area contributed by atoms with Crippen LogP contribution < -0.4 is 0 Å². The minimum Gasteiger partial charge on any atom is -0.411 e. The summed E-state index contributed by atoms with van der Waals surface area (Å²) >= 11 is 0. The minimum atomic E-state index is -0.158. The van der Waals surface area contributed by atoms with Crippen molar-refractivity contribution in [3.8, 4) is 0 Å². The van der Waals surface area contributed by atoms with E-state index in [2.05, 4.69) is 53.3 Å². The number of rotatable bonds is 2. The van der Waals surface area contributed by atoms with Crippen LogP contribution in [0, 0.1) is 56.7 Å². The average molecular weight is 456 g/mol. The highest BCUT2D eigenvalue weighted by Crippen LogP contribution is 2.77. The summed E-state index contributed by atoms with van der Waals surface area (Å²) < 4.78 is 0. The van der Waals surface area contributed by atoms with Crippen LogP contribution >= 0.6 is 0 Å². The van der Waals surface area contributed by atoms with Gasteiger partial charge in [-0.3, -0.25) is 0 Å². The lowest BCUT2D eigenvalue weighted by Gasteiger charge is -2.72. The van der Waals surface area contributed by atoms with E-state index >= 15 is 0 Å². The molecule has 10 atom stereocenters. The maximum absolute atomic E-state index is 10.9. The third kappa shape index (κ3) is 2.87. The van der Waals surface area contributed by atoms with Crippen LogP contribution in [0.15, 0.2) is 17.3 Å². The summed E-state index contributed by atoms with van der Waals surface area (Å²) in [6.07, 6.45) is 13.9. The van der Waals surface area contributed by atoms with E-state index in [1.807, 2.05) is 6.21 Å². The normalized spacial score (nSPS) is 55.4. The number of fused-ring (bicyclic) bond motifs is 7. The molecule has 5 aliphatic carbocycles. The van der Waals surface area contributed by atoms with E-state index in [1.165, 1.54) is 50.5 Å². The molecule has 2 N–H and O–H groups in total. The number of allylic oxidation sites excluding steroid dienone is 1. The fourth-order valence-corrected chi connectivity index (χ4v) is 11.5. The number of aliphatic hydroxyl groups is 1. The second kappa shape index (κ2) is 7.34. The Kier molecular flexibility index (Phi) is 5.31. The van der Waals surface area contributed by atoms with Crippen LogP contribution in [0.25, 0.3) is 0 Å². The van der Waals surface area contributed by atoms with Crippen molar-refractivity contribution in [2.24, 2.45) is 61.8 Å². The molecule has 0 aliphatic heterocycles. The van der Waals surface area contributed by atoms with Gasteiger partial charge in [0.25, 0.3) is 0 Å². The highest BCUT2D eigenvalue weighted by molar-refractivity contribution is 5.67. The Morgan fingerprint density at radius 2 is 1.58 bits per heavy atom. The van der Waals surface area contributed by atoms with Crippen molar-refractivity contribution in [2.45, 2.75) is 112 Å². The van der Waals surface area contributed by atoms with E-state index in [-0.39, 0.29) is 16.9 Å². The fraction of sp³-hybridized carbons (Fsp3) is 0.900. The van der Waals surface area contributed by atoms with Gasteiger partial charge in [0.15, 0.2) is 0 Å². The lowest BCUT2D eigenvalue weighted by molar-refractivity contribution is -0.243. The molecular weight excluding hydrogens is 406 g/mol. The highest BCUT2D eigenvalue weighted by atomic mass is 16.4. The fourth-order valence-electron chi connectivity index (χ4n) is 11.5. The minimum absolute atomic E-state index is 0.0158. The Balaban J connectivity index is 1.56. The Labute approximate surface area is 202 Å². The quantitative estimate of drug-likeness (QED) is 0.196. The van der Waals surface area contributed by atoms with E-state index in [4.69, 9.17) is 0 Å². The van der Waals surface area contributed by atoms with Crippen molar-refractivity contribution in [1.82, 2.24) is 0 Å². The van der Waals surface area contributed by atoms with Crippen molar-refractivity contribution in [2.75, 3.05) is 0 Å². The van der Waals surface area contributed by atoms with Gasteiger partial charge in [-0.1, -0.05) is 46.8 Å². The van der Waals surface area contributed by atoms with Gasteiger partial charge in [0.05, 0.1) is 12.3 Å². The van der Waals surface area contributed by atoms with Crippen LogP contribution in [0.3, 0.4) is 0 Å². The number of hydrogen-bond acceptors (Lipinski definition) is 3. The average Bonchev–Trinajstić information content (AvgIpc) is 3.12. The first-order valence-corrected chi connectivity index (χ1v) is 13.9. The molecule has 33 heavy (non-hydrogen) atoms. The van der Waals surface area contributed by atoms with Gasteiger partial charge in [0, 0.05) is 5.41 Å². The van der Waals surface area contributed by atoms with Crippen LogP contribution in [0.4, 0.5) is 0 Å². The van der Waals surface area contributed by atoms with Crippen molar-refractivity contribution in [3.63, 3.8) is 0 Å². The SMILES string of the molecule is C=C(C)[C@@H]1CC[C@]2(/C=N\O)CC[C@]3(C)[C@H](CC[C@@H]4[C@@]5(C)CC[C@H](O)C(C)(C)[C@H]5CC[C@]43C)[C@@H]12. The van der Waals surface area contributed by atoms with Crippen molar-refractivity contribution < 1.29 is 10.3 Å². The third-order valence-electron chi connectivity index (χ3n) is 13.4. The highest BCUT2D eigenvalue weighted by Gasteiger charge is 2.70. The second-order valence-corrected chi connectivity index (χ2v) is 14.5. The lowest BCUT2D eigenvalue weighted by atomic mass is 9.32. The summed E-state index contributed by atoms with van der Waals surface area (Å²) in [6, 6.07) is 0. The molecular formula is C30H49NO2. The zero-order valence-corrected chi connectivity index (χ0v) is 22.2. The molecule has 5 rings (SSSR count). The van der Waals surface area contributed by atoms with E-state index in [0.29, 0.717) is 39.9 Å². The van der Waals surface area contributed by atoms with E-state index in [0.717, 1.165) is 25.2 Å². The molecule has 0 bridgehead atoms. The Morgan fingerprint density at radius 1 is 0.848 bits per heavy atom. The number of aliphatic hydroxyl groups excluding tert-OH is 1. The van der Waals surface area contributed by atoms with Crippen molar-refractivity contribution >= 4 is 6.21 Å². The molecule has 0 heterocycles. The van der Waals surface area contributed by atoms with Crippen molar-refractivity contribution in [3.05, 3.63) is 12.2 Å². The van der Waals surface area contributed by atoms with Crippen LogP contribution in [-0.2, 0) is 0 Å². The zero-order valence-electron chi connectivity index (χ0n) is 22.2. The van der Waals surface area contributed by atoms with E-state index < -0.39 is 0 Å². The second-order valence-electron chi connectivity index (χ2n) is 14.5. The van der Waals surface area contributed by atoms with Gasteiger partial charge in [-0.15, -0.1) is 5.16 Å². The topological polar surface area (TPSA) is 52.8 Å². The van der Waals surface area contributed by atoms with Gasteiger partial charge < -0.3 is 10.3 Å². The standard InChI is InChI=1S/C30H49NO2/c1-19(2)20-10-15-30(18-31-33)17-16-28(6)21(25(20)30)8-9-23-27(5)13-12-24(32)26(3,4)22(27)11-14-29(23,28)7/h18,20-25,32-33H,1,8-17H2,2-7H3/b31-18-/t20-,21+,22+,23+,24-,25+,27-,28+,29+,30+/m0/s1. The molecule has 0 aromatic rings. The first kappa shape index (κ1) is 23.9. The van der Waals surface area contributed by atoms with Gasteiger partial charge in [-0.05, 0) is 122 Å². The third-order valence-corrected chi connectivity index (χ3v) is 13.4. The molecule has 0 amide bonds. The monoisotopic (exact) mass is 455 g/mol. The summed E-state index contributed by atoms with van der Waals surface area (Å²) in [6.45, 7) is 19.3. The van der Waals surface area contributed by atoms with Gasteiger partial charge >= 0.3 is 0 Å². The number of hydrogen-bond donors (Lipinski definition) is 2. The molecule has 5 saturated carbocycles. The van der Waals surface area contributed by atoms with E-state index in [9.17, 15) is 10.3 Å². The predicted molar refractivity (Wildman–Crippen MR) is 135 cm³/mol. The zero-order chi connectivity index (χ0) is 24.0. The molecule has 0 aromatic carbocycles. The smallest absolute Gasteiger partial charge is 0.0594 e. The molecule has 0 radical (unpaired) electrons. The summed E-state index contributed by atoms with van der Waals surface area (Å²) in [7, 11) is 0. The summed E-state index contributed by atoms with van der Waals surface area (Å²) in [5.41, 5.74) is 2.40. The summed E-state index contributed by atoms with van der Waals surface area (Å²) in [5, 5.41) is 24.2.